The third-order valence-corrected chi connectivity index (χ3v) is 6.39. The van der Waals surface area contributed by atoms with Gasteiger partial charge in [0, 0.05) is 6.20 Å². The van der Waals surface area contributed by atoms with Crippen LogP contribution in [0, 0.1) is 27.7 Å². The van der Waals surface area contributed by atoms with Gasteiger partial charge in [-0.15, -0.1) is 0 Å². The van der Waals surface area contributed by atoms with Gasteiger partial charge in [-0.3, -0.25) is 14.2 Å². The molecule has 31 heavy (non-hydrogen) atoms. The Kier molecular flexibility index (Phi) is 5.77. The first-order valence-electron chi connectivity index (χ1n) is 9.95. The smallest absolute Gasteiger partial charge is 0.276 e. The van der Waals surface area contributed by atoms with Crippen molar-refractivity contribution in [2.45, 2.75) is 40.9 Å². The maximum atomic E-state index is 12.8. The largest absolute Gasteiger partial charge is 0.317 e. The van der Waals surface area contributed by atoms with Crippen molar-refractivity contribution in [1.82, 2.24) is 29.3 Å². The molecule has 4 aromatic rings. The van der Waals surface area contributed by atoms with Gasteiger partial charge in [-0.05, 0) is 55.3 Å². The Balaban J connectivity index is 1.48. The van der Waals surface area contributed by atoms with Crippen LogP contribution in [0.1, 0.15) is 38.8 Å². The van der Waals surface area contributed by atoms with Gasteiger partial charge < -0.3 is 5.32 Å². The zero-order valence-electron chi connectivity index (χ0n) is 17.9. The number of carbonyl (C=O) groups excluding carboxylic acids is 1. The molecule has 8 nitrogen and oxygen atoms in total. The van der Waals surface area contributed by atoms with E-state index in [0.717, 1.165) is 38.5 Å². The van der Waals surface area contributed by atoms with Crippen LogP contribution in [-0.2, 0) is 13.2 Å². The normalized spacial score (nSPS) is 11.1. The molecule has 0 saturated carbocycles. The van der Waals surface area contributed by atoms with Crippen molar-refractivity contribution in [2.75, 3.05) is 5.32 Å². The van der Waals surface area contributed by atoms with Crippen LogP contribution in [0.15, 0.2) is 47.1 Å². The van der Waals surface area contributed by atoms with Crippen molar-refractivity contribution in [3.63, 3.8) is 0 Å². The van der Waals surface area contributed by atoms with Crippen LogP contribution in [0.4, 0.5) is 5.69 Å². The Morgan fingerprint density at radius 2 is 1.65 bits per heavy atom. The molecule has 0 bridgehead atoms. The Morgan fingerprint density at radius 3 is 2.32 bits per heavy atom. The Hall–Kier alpha value is -3.20. The molecule has 0 saturated heterocycles. The molecule has 160 valence electrons. The molecule has 1 amide bonds. The zero-order chi connectivity index (χ0) is 22.1. The van der Waals surface area contributed by atoms with E-state index in [2.05, 4.69) is 48.7 Å². The number of rotatable bonds is 6. The first-order valence-corrected chi connectivity index (χ1v) is 10.7. The van der Waals surface area contributed by atoms with Crippen LogP contribution in [0.5, 0.6) is 0 Å². The highest BCUT2D eigenvalue weighted by molar-refractivity contribution is 9.10. The first kappa shape index (κ1) is 21.0. The highest BCUT2D eigenvalue weighted by Gasteiger charge is 2.17. The number of hydrogen-bond acceptors (Lipinski definition) is 4. The molecule has 0 aliphatic carbocycles. The first-order chi connectivity index (χ1) is 14.8. The summed E-state index contributed by atoms with van der Waals surface area (Å²) in [7, 11) is 0. The molecule has 3 heterocycles. The predicted molar refractivity (Wildman–Crippen MR) is 122 cm³/mol. The standard InChI is InChI=1S/C22H24BrN7O/c1-14-20(23)16(3)30(25-14)13-28-11-10-19(27-28)22(31)24-21-15(2)26-29(17(21)4)12-18-8-6-5-7-9-18/h5-11H,12-13H2,1-4H3,(H,24,31). The number of benzene rings is 1. The highest BCUT2D eigenvalue weighted by atomic mass is 79.9. The van der Waals surface area contributed by atoms with Crippen LogP contribution in [0.25, 0.3) is 0 Å². The predicted octanol–water partition coefficient (Wildman–Crippen LogP) is 4.08. The van der Waals surface area contributed by atoms with Crippen molar-refractivity contribution in [3.05, 3.63) is 81.1 Å². The van der Waals surface area contributed by atoms with Crippen molar-refractivity contribution in [1.29, 1.82) is 0 Å². The number of hydrogen-bond donors (Lipinski definition) is 1. The van der Waals surface area contributed by atoms with E-state index in [1.807, 2.05) is 55.3 Å². The second kappa shape index (κ2) is 8.50. The lowest BCUT2D eigenvalue weighted by Gasteiger charge is -2.07. The second-order valence-corrected chi connectivity index (χ2v) is 8.30. The van der Waals surface area contributed by atoms with Crippen LogP contribution < -0.4 is 5.32 Å². The average Bonchev–Trinajstić information content (AvgIpc) is 3.39. The quantitative estimate of drug-likeness (QED) is 0.449. The molecular weight excluding hydrogens is 458 g/mol. The van der Waals surface area contributed by atoms with E-state index in [9.17, 15) is 4.79 Å². The molecule has 9 heteroatoms. The Bertz CT molecular complexity index is 1240. The Labute approximate surface area is 189 Å². The summed E-state index contributed by atoms with van der Waals surface area (Å²) in [6, 6.07) is 11.8. The fourth-order valence-electron chi connectivity index (χ4n) is 3.48. The van der Waals surface area contributed by atoms with E-state index in [0.29, 0.717) is 18.9 Å². The van der Waals surface area contributed by atoms with Gasteiger partial charge in [-0.1, -0.05) is 30.3 Å². The maximum Gasteiger partial charge on any atom is 0.276 e. The van der Waals surface area contributed by atoms with Crippen LogP contribution in [-0.4, -0.2) is 35.2 Å². The molecule has 0 fully saturated rings. The summed E-state index contributed by atoms with van der Waals surface area (Å²) in [5.74, 6) is -0.265. The lowest BCUT2D eigenvalue weighted by Crippen LogP contribution is -2.16. The molecule has 1 aromatic carbocycles. The molecule has 0 spiro atoms. The van der Waals surface area contributed by atoms with Gasteiger partial charge in [-0.25, -0.2) is 4.68 Å². The van der Waals surface area contributed by atoms with Crippen molar-refractivity contribution >= 4 is 27.5 Å². The number of aromatic nitrogens is 6. The lowest BCUT2D eigenvalue weighted by atomic mass is 10.2. The summed E-state index contributed by atoms with van der Waals surface area (Å²) >= 11 is 3.53. The van der Waals surface area contributed by atoms with Crippen molar-refractivity contribution < 1.29 is 4.79 Å². The third kappa shape index (κ3) is 4.32. The van der Waals surface area contributed by atoms with Gasteiger partial charge in [-0.2, -0.15) is 15.3 Å². The molecule has 1 N–H and O–H groups in total. The fraction of sp³-hybridized carbons (Fsp3) is 0.273. The summed E-state index contributed by atoms with van der Waals surface area (Å²) in [5, 5.41) is 16.5. The van der Waals surface area contributed by atoms with Gasteiger partial charge >= 0.3 is 0 Å². The average molecular weight is 482 g/mol. The molecule has 3 aromatic heterocycles. The zero-order valence-corrected chi connectivity index (χ0v) is 19.5. The minimum Gasteiger partial charge on any atom is -0.317 e. The SMILES string of the molecule is Cc1nn(Cn2ccc(C(=O)Nc3c(C)nn(Cc4ccccc4)c3C)n2)c(C)c1Br. The number of nitrogens with zero attached hydrogens (tertiary/aromatic N) is 6. The maximum absolute atomic E-state index is 12.8. The monoisotopic (exact) mass is 481 g/mol. The van der Waals surface area contributed by atoms with E-state index >= 15 is 0 Å². The molecule has 4 rings (SSSR count). The van der Waals surface area contributed by atoms with Crippen LogP contribution >= 0.6 is 15.9 Å². The topological polar surface area (TPSA) is 82.6 Å². The highest BCUT2D eigenvalue weighted by Crippen LogP contribution is 2.22. The van der Waals surface area contributed by atoms with E-state index in [1.54, 1.807) is 16.9 Å². The summed E-state index contributed by atoms with van der Waals surface area (Å²) in [6.07, 6.45) is 1.78. The number of halogens is 1. The van der Waals surface area contributed by atoms with E-state index in [1.165, 1.54) is 0 Å². The summed E-state index contributed by atoms with van der Waals surface area (Å²) in [6.45, 7) is 8.86. The third-order valence-electron chi connectivity index (χ3n) is 5.24. The van der Waals surface area contributed by atoms with Crippen LogP contribution in [0.3, 0.4) is 0 Å². The molecular formula is C22H24BrN7O. The lowest BCUT2D eigenvalue weighted by molar-refractivity contribution is 0.102. The van der Waals surface area contributed by atoms with Gasteiger partial charge in [0.05, 0.1) is 39.5 Å². The van der Waals surface area contributed by atoms with E-state index < -0.39 is 0 Å². The van der Waals surface area contributed by atoms with Gasteiger partial charge in [0.1, 0.15) is 6.67 Å². The number of anilines is 1. The minimum atomic E-state index is -0.265. The van der Waals surface area contributed by atoms with Crippen molar-refractivity contribution in [3.8, 4) is 0 Å². The minimum absolute atomic E-state index is 0.265. The number of amides is 1. The van der Waals surface area contributed by atoms with Crippen LogP contribution in [0.2, 0.25) is 0 Å². The fourth-order valence-corrected chi connectivity index (χ4v) is 3.76. The molecule has 0 aliphatic heterocycles. The number of carbonyl (C=O) groups is 1. The van der Waals surface area contributed by atoms with E-state index in [4.69, 9.17) is 0 Å². The van der Waals surface area contributed by atoms with Gasteiger partial charge in [0.15, 0.2) is 5.69 Å². The molecule has 0 radical (unpaired) electrons. The summed E-state index contributed by atoms with van der Waals surface area (Å²) in [5.41, 5.74) is 5.82. The summed E-state index contributed by atoms with van der Waals surface area (Å²) < 4.78 is 6.42. The van der Waals surface area contributed by atoms with E-state index in [-0.39, 0.29) is 5.91 Å². The van der Waals surface area contributed by atoms with Gasteiger partial charge in [0.2, 0.25) is 0 Å². The molecule has 0 unspecified atom stereocenters. The van der Waals surface area contributed by atoms with Crippen molar-refractivity contribution in [2.24, 2.45) is 0 Å². The Morgan fingerprint density at radius 1 is 0.935 bits per heavy atom. The number of nitrogens with one attached hydrogen (secondary N) is 1. The molecule has 0 aliphatic rings. The molecule has 0 atom stereocenters. The number of aryl methyl sites for hydroxylation is 2. The second-order valence-electron chi connectivity index (χ2n) is 7.51. The summed E-state index contributed by atoms with van der Waals surface area (Å²) in [4.78, 5) is 12.8. The van der Waals surface area contributed by atoms with Gasteiger partial charge in [0.25, 0.3) is 5.91 Å².